The summed E-state index contributed by atoms with van der Waals surface area (Å²) in [6.45, 7) is 5.84. The SMILES string of the molecule is CCC(C)(CO)CNc1cccc(N2CCCC2=O)c1. The number of hydrogen-bond donors (Lipinski definition) is 2. The van der Waals surface area contributed by atoms with E-state index in [0.717, 1.165) is 37.3 Å². The molecular formula is C16H24N2O2. The fourth-order valence-electron chi connectivity index (χ4n) is 2.31. The van der Waals surface area contributed by atoms with Crippen molar-refractivity contribution in [3.8, 4) is 0 Å². The van der Waals surface area contributed by atoms with Crippen molar-refractivity contribution in [2.24, 2.45) is 5.41 Å². The van der Waals surface area contributed by atoms with Crippen molar-refractivity contribution in [3.63, 3.8) is 0 Å². The molecule has 1 heterocycles. The van der Waals surface area contributed by atoms with Crippen molar-refractivity contribution >= 4 is 17.3 Å². The van der Waals surface area contributed by atoms with Crippen LogP contribution in [0.5, 0.6) is 0 Å². The second-order valence-corrected chi connectivity index (χ2v) is 5.88. The Morgan fingerprint density at radius 1 is 1.45 bits per heavy atom. The van der Waals surface area contributed by atoms with Crippen LogP contribution in [-0.4, -0.2) is 30.7 Å². The van der Waals surface area contributed by atoms with Gasteiger partial charge < -0.3 is 15.3 Å². The molecule has 1 aliphatic rings. The highest BCUT2D eigenvalue weighted by Gasteiger charge is 2.23. The maximum absolute atomic E-state index is 11.8. The summed E-state index contributed by atoms with van der Waals surface area (Å²) in [7, 11) is 0. The van der Waals surface area contributed by atoms with Crippen LogP contribution in [0.2, 0.25) is 0 Å². The fraction of sp³-hybridized carbons (Fsp3) is 0.562. The molecule has 0 aliphatic carbocycles. The summed E-state index contributed by atoms with van der Waals surface area (Å²) in [6, 6.07) is 7.94. The van der Waals surface area contributed by atoms with Crippen LogP contribution in [0.4, 0.5) is 11.4 Å². The molecule has 1 aromatic rings. The molecule has 20 heavy (non-hydrogen) atoms. The largest absolute Gasteiger partial charge is 0.396 e. The van der Waals surface area contributed by atoms with Gasteiger partial charge in [-0.3, -0.25) is 4.79 Å². The van der Waals surface area contributed by atoms with E-state index in [0.29, 0.717) is 6.42 Å². The van der Waals surface area contributed by atoms with Crippen molar-refractivity contribution in [3.05, 3.63) is 24.3 Å². The Balaban J connectivity index is 2.05. The predicted molar refractivity (Wildman–Crippen MR) is 82.0 cm³/mol. The van der Waals surface area contributed by atoms with E-state index < -0.39 is 0 Å². The summed E-state index contributed by atoms with van der Waals surface area (Å²) in [5.74, 6) is 0.205. The molecule has 1 saturated heterocycles. The zero-order chi connectivity index (χ0) is 14.6. The van der Waals surface area contributed by atoms with Gasteiger partial charge in [0, 0.05) is 36.3 Å². The van der Waals surface area contributed by atoms with Crippen LogP contribution >= 0.6 is 0 Å². The molecule has 1 atom stereocenters. The number of amides is 1. The third kappa shape index (κ3) is 3.31. The second-order valence-electron chi connectivity index (χ2n) is 5.88. The Kier molecular flexibility index (Phi) is 4.65. The molecule has 0 radical (unpaired) electrons. The Morgan fingerprint density at radius 3 is 2.85 bits per heavy atom. The Bertz CT molecular complexity index is 469. The van der Waals surface area contributed by atoms with E-state index in [-0.39, 0.29) is 17.9 Å². The average molecular weight is 276 g/mol. The van der Waals surface area contributed by atoms with Crippen LogP contribution in [0.3, 0.4) is 0 Å². The standard InChI is InChI=1S/C16H24N2O2/c1-3-16(2,12-19)11-17-13-6-4-7-14(10-13)18-9-5-8-15(18)20/h4,6-7,10,17,19H,3,5,8-9,11-12H2,1-2H3. The summed E-state index contributed by atoms with van der Waals surface area (Å²) in [5.41, 5.74) is 1.84. The molecule has 0 spiro atoms. The van der Waals surface area contributed by atoms with Crippen molar-refractivity contribution in [2.45, 2.75) is 33.1 Å². The maximum Gasteiger partial charge on any atom is 0.227 e. The third-order valence-electron chi connectivity index (χ3n) is 4.19. The highest BCUT2D eigenvalue weighted by Crippen LogP contribution is 2.26. The highest BCUT2D eigenvalue weighted by atomic mass is 16.3. The molecule has 1 fully saturated rings. The number of nitrogens with zero attached hydrogens (tertiary/aromatic N) is 1. The minimum absolute atomic E-state index is 0.112. The van der Waals surface area contributed by atoms with Gasteiger partial charge in [0.25, 0.3) is 0 Å². The first kappa shape index (κ1) is 14.9. The molecular weight excluding hydrogens is 252 g/mol. The van der Waals surface area contributed by atoms with Crippen LogP contribution in [0.15, 0.2) is 24.3 Å². The topological polar surface area (TPSA) is 52.6 Å². The van der Waals surface area contributed by atoms with Gasteiger partial charge >= 0.3 is 0 Å². The first-order valence-corrected chi connectivity index (χ1v) is 7.33. The maximum atomic E-state index is 11.8. The molecule has 0 bridgehead atoms. The highest BCUT2D eigenvalue weighted by molar-refractivity contribution is 5.95. The Hall–Kier alpha value is -1.55. The molecule has 2 N–H and O–H groups in total. The lowest BCUT2D eigenvalue weighted by Crippen LogP contribution is -2.29. The predicted octanol–water partition coefficient (Wildman–Crippen LogP) is 2.63. The fourth-order valence-corrected chi connectivity index (χ4v) is 2.31. The van der Waals surface area contributed by atoms with Gasteiger partial charge in [-0.2, -0.15) is 0 Å². The van der Waals surface area contributed by atoms with Crippen LogP contribution in [0.1, 0.15) is 33.1 Å². The van der Waals surface area contributed by atoms with E-state index in [1.165, 1.54) is 0 Å². The van der Waals surface area contributed by atoms with E-state index in [4.69, 9.17) is 0 Å². The zero-order valence-electron chi connectivity index (χ0n) is 12.4. The number of nitrogens with one attached hydrogen (secondary N) is 1. The van der Waals surface area contributed by atoms with Gasteiger partial charge in [-0.1, -0.05) is 19.9 Å². The number of rotatable bonds is 6. The van der Waals surface area contributed by atoms with E-state index in [9.17, 15) is 9.90 Å². The number of carbonyl (C=O) groups is 1. The summed E-state index contributed by atoms with van der Waals surface area (Å²) >= 11 is 0. The van der Waals surface area contributed by atoms with Crippen molar-refractivity contribution < 1.29 is 9.90 Å². The summed E-state index contributed by atoms with van der Waals surface area (Å²) in [5, 5.41) is 12.8. The molecule has 1 amide bonds. The lowest BCUT2D eigenvalue weighted by atomic mass is 9.88. The van der Waals surface area contributed by atoms with E-state index in [1.807, 2.05) is 29.2 Å². The van der Waals surface area contributed by atoms with Crippen molar-refractivity contribution in [1.29, 1.82) is 0 Å². The lowest BCUT2D eigenvalue weighted by Gasteiger charge is -2.26. The van der Waals surface area contributed by atoms with E-state index in [1.54, 1.807) is 0 Å². The number of aliphatic hydroxyl groups is 1. The van der Waals surface area contributed by atoms with Gasteiger partial charge in [-0.05, 0) is 31.0 Å². The molecule has 4 nitrogen and oxygen atoms in total. The monoisotopic (exact) mass is 276 g/mol. The van der Waals surface area contributed by atoms with Crippen LogP contribution in [0.25, 0.3) is 0 Å². The van der Waals surface area contributed by atoms with Gasteiger partial charge in [-0.25, -0.2) is 0 Å². The van der Waals surface area contributed by atoms with E-state index >= 15 is 0 Å². The molecule has 2 rings (SSSR count). The zero-order valence-corrected chi connectivity index (χ0v) is 12.4. The molecule has 4 heteroatoms. The van der Waals surface area contributed by atoms with Crippen LogP contribution in [-0.2, 0) is 4.79 Å². The van der Waals surface area contributed by atoms with Crippen molar-refractivity contribution in [1.82, 2.24) is 0 Å². The van der Waals surface area contributed by atoms with Crippen molar-refractivity contribution in [2.75, 3.05) is 29.9 Å². The molecule has 1 aliphatic heterocycles. The second kappa shape index (κ2) is 6.27. The quantitative estimate of drug-likeness (QED) is 0.840. The van der Waals surface area contributed by atoms with Crippen LogP contribution < -0.4 is 10.2 Å². The molecule has 110 valence electrons. The number of hydrogen-bond acceptors (Lipinski definition) is 3. The van der Waals surface area contributed by atoms with Gasteiger partial charge in [0.15, 0.2) is 0 Å². The molecule has 1 unspecified atom stereocenters. The lowest BCUT2D eigenvalue weighted by molar-refractivity contribution is -0.117. The first-order valence-electron chi connectivity index (χ1n) is 7.33. The van der Waals surface area contributed by atoms with Gasteiger partial charge in [0.2, 0.25) is 5.91 Å². The molecule has 0 aromatic heterocycles. The van der Waals surface area contributed by atoms with Gasteiger partial charge in [0.1, 0.15) is 0 Å². The summed E-state index contributed by atoms with van der Waals surface area (Å²) in [4.78, 5) is 13.6. The summed E-state index contributed by atoms with van der Waals surface area (Å²) < 4.78 is 0. The minimum Gasteiger partial charge on any atom is -0.396 e. The van der Waals surface area contributed by atoms with Crippen LogP contribution in [0, 0.1) is 5.41 Å². The molecule has 0 saturated carbocycles. The third-order valence-corrected chi connectivity index (χ3v) is 4.19. The summed E-state index contributed by atoms with van der Waals surface area (Å²) in [6.07, 6.45) is 2.51. The van der Waals surface area contributed by atoms with E-state index in [2.05, 4.69) is 19.2 Å². The number of benzene rings is 1. The number of anilines is 2. The Morgan fingerprint density at radius 2 is 2.25 bits per heavy atom. The molecule has 1 aromatic carbocycles. The number of carbonyl (C=O) groups excluding carboxylic acids is 1. The first-order chi connectivity index (χ1) is 9.58. The average Bonchev–Trinajstić information content (AvgIpc) is 2.91. The van der Waals surface area contributed by atoms with Gasteiger partial charge in [-0.15, -0.1) is 0 Å². The van der Waals surface area contributed by atoms with Gasteiger partial charge in [0.05, 0.1) is 6.61 Å². The Labute approximate surface area is 120 Å². The minimum atomic E-state index is -0.112. The number of aliphatic hydroxyl groups excluding tert-OH is 1. The normalized spacial score (nSPS) is 18.1. The smallest absolute Gasteiger partial charge is 0.227 e.